The molecule has 26 heavy (non-hydrogen) atoms. The Morgan fingerprint density at radius 3 is 2.54 bits per heavy atom. The molecular formula is C21H15N3O2. The van der Waals surface area contributed by atoms with Crippen LogP contribution < -0.4 is 5.32 Å². The van der Waals surface area contributed by atoms with Crippen molar-refractivity contribution < 1.29 is 9.21 Å². The van der Waals surface area contributed by atoms with E-state index >= 15 is 0 Å². The van der Waals surface area contributed by atoms with Gasteiger partial charge in [0.25, 0.3) is 0 Å². The number of aromatic nitrogens is 2. The fraction of sp³-hybridized carbons (Fsp3) is 0. The summed E-state index contributed by atoms with van der Waals surface area (Å²) in [6, 6.07) is 20.6. The Morgan fingerprint density at radius 2 is 1.77 bits per heavy atom. The van der Waals surface area contributed by atoms with E-state index in [9.17, 15) is 4.79 Å². The van der Waals surface area contributed by atoms with Crippen LogP contribution in [0.25, 0.3) is 28.8 Å². The van der Waals surface area contributed by atoms with Crippen LogP contribution >= 0.6 is 0 Å². The zero-order chi connectivity index (χ0) is 17.8. The van der Waals surface area contributed by atoms with E-state index in [1.807, 2.05) is 60.7 Å². The number of carbonyl (C=O) groups excluding carboxylic acids is 1. The van der Waals surface area contributed by atoms with Gasteiger partial charge in [0, 0.05) is 23.5 Å². The molecule has 126 valence electrons. The summed E-state index contributed by atoms with van der Waals surface area (Å²) in [5.41, 5.74) is 3.71. The standard InChI is InChI=1S/C21H15N3O2/c25-19(13-8-15-5-2-1-3-6-15)23-17-11-9-16(10-12-17)21-24-20-18(26-21)7-4-14-22-20/h1-14H,(H,23,25)/b13-8+. The molecule has 0 unspecified atom stereocenters. The summed E-state index contributed by atoms with van der Waals surface area (Å²) in [7, 11) is 0. The molecule has 0 aliphatic heterocycles. The van der Waals surface area contributed by atoms with Crippen molar-refractivity contribution in [2.75, 3.05) is 5.32 Å². The predicted octanol–water partition coefficient (Wildman–Crippen LogP) is 4.54. The van der Waals surface area contributed by atoms with Gasteiger partial charge in [0.05, 0.1) is 0 Å². The summed E-state index contributed by atoms with van der Waals surface area (Å²) in [6.45, 7) is 0. The third-order valence-corrected chi connectivity index (χ3v) is 3.79. The molecule has 0 radical (unpaired) electrons. The van der Waals surface area contributed by atoms with Gasteiger partial charge in [-0.15, -0.1) is 0 Å². The average Bonchev–Trinajstić information content (AvgIpc) is 3.12. The summed E-state index contributed by atoms with van der Waals surface area (Å²) in [5, 5.41) is 2.83. The van der Waals surface area contributed by atoms with Crippen LogP contribution in [0.4, 0.5) is 5.69 Å². The van der Waals surface area contributed by atoms with Crippen LogP contribution in [0.3, 0.4) is 0 Å². The van der Waals surface area contributed by atoms with E-state index in [0.717, 1.165) is 11.1 Å². The van der Waals surface area contributed by atoms with E-state index in [1.54, 1.807) is 18.3 Å². The van der Waals surface area contributed by atoms with Crippen LogP contribution in [-0.4, -0.2) is 15.9 Å². The monoisotopic (exact) mass is 341 g/mol. The zero-order valence-corrected chi connectivity index (χ0v) is 13.8. The van der Waals surface area contributed by atoms with Gasteiger partial charge in [-0.25, -0.2) is 4.98 Å². The summed E-state index contributed by atoms with van der Waals surface area (Å²) in [5.74, 6) is 0.313. The molecule has 0 atom stereocenters. The van der Waals surface area contributed by atoms with Crippen molar-refractivity contribution in [3.05, 3.63) is 84.6 Å². The molecule has 0 aliphatic rings. The van der Waals surface area contributed by atoms with Gasteiger partial charge in [0.15, 0.2) is 11.2 Å². The number of rotatable bonds is 4. The summed E-state index contributed by atoms with van der Waals surface area (Å²) in [4.78, 5) is 20.5. The average molecular weight is 341 g/mol. The van der Waals surface area contributed by atoms with Crippen LogP contribution in [0.15, 0.2) is 83.4 Å². The maximum Gasteiger partial charge on any atom is 0.248 e. The second-order valence-electron chi connectivity index (χ2n) is 5.65. The van der Waals surface area contributed by atoms with Gasteiger partial charge in [-0.2, -0.15) is 4.98 Å². The van der Waals surface area contributed by atoms with Crippen molar-refractivity contribution in [2.24, 2.45) is 0 Å². The van der Waals surface area contributed by atoms with Crippen molar-refractivity contribution in [2.45, 2.75) is 0 Å². The smallest absolute Gasteiger partial charge is 0.248 e. The normalized spacial score (nSPS) is 11.1. The maximum absolute atomic E-state index is 12.0. The fourth-order valence-electron chi connectivity index (χ4n) is 2.51. The van der Waals surface area contributed by atoms with Gasteiger partial charge in [-0.3, -0.25) is 4.79 Å². The van der Waals surface area contributed by atoms with Gasteiger partial charge < -0.3 is 9.73 Å². The Balaban J connectivity index is 1.45. The number of oxazole rings is 1. The van der Waals surface area contributed by atoms with Gasteiger partial charge in [0.2, 0.25) is 11.8 Å². The summed E-state index contributed by atoms with van der Waals surface area (Å²) in [6.07, 6.45) is 4.96. The molecule has 0 saturated heterocycles. The summed E-state index contributed by atoms with van der Waals surface area (Å²) < 4.78 is 5.69. The van der Waals surface area contributed by atoms with Crippen molar-refractivity contribution >= 4 is 28.9 Å². The number of nitrogens with one attached hydrogen (secondary N) is 1. The third kappa shape index (κ3) is 3.52. The number of fused-ring (bicyclic) bond motifs is 1. The highest BCUT2D eigenvalue weighted by Crippen LogP contribution is 2.24. The lowest BCUT2D eigenvalue weighted by Gasteiger charge is -2.03. The van der Waals surface area contributed by atoms with Gasteiger partial charge in [-0.05, 0) is 48.0 Å². The molecule has 1 N–H and O–H groups in total. The highest BCUT2D eigenvalue weighted by atomic mass is 16.3. The van der Waals surface area contributed by atoms with E-state index in [-0.39, 0.29) is 5.91 Å². The summed E-state index contributed by atoms with van der Waals surface area (Å²) >= 11 is 0. The molecule has 0 spiro atoms. The van der Waals surface area contributed by atoms with E-state index in [2.05, 4.69) is 15.3 Å². The minimum atomic E-state index is -0.187. The van der Waals surface area contributed by atoms with Crippen molar-refractivity contribution in [1.29, 1.82) is 0 Å². The number of nitrogens with zero attached hydrogens (tertiary/aromatic N) is 2. The molecule has 5 heteroatoms. The Morgan fingerprint density at radius 1 is 0.962 bits per heavy atom. The molecule has 0 aliphatic carbocycles. The minimum absolute atomic E-state index is 0.187. The molecule has 2 aromatic carbocycles. The SMILES string of the molecule is O=C(/C=C/c1ccccc1)Nc1ccc(-c2nc3ncccc3o2)cc1. The number of benzene rings is 2. The quantitative estimate of drug-likeness (QED) is 0.553. The van der Waals surface area contributed by atoms with Gasteiger partial charge in [-0.1, -0.05) is 30.3 Å². The molecule has 1 amide bonds. The van der Waals surface area contributed by atoms with E-state index in [4.69, 9.17) is 4.42 Å². The molecule has 2 heterocycles. The minimum Gasteiger partial charge on any atom is -0.434 e. The topological polar surface area (TPSA) is 68.0 Å². The highest BCUT2D eigenvalue weighted by Gasteiger charge is 2.08. The first-order valence-corrected chi connectivity index (χ1v) is 8.14. The molecule has 2 aromatic heterocycles. The second kappa shape index (κ2) is 7.03. The van der Waals surface area contributed by atoms with Gasteiger partial charge in [0.1, 0.15) is 0 Å². The van der Waals surface area contributed by atoms with E-state index < -0.39 is 0 Å². The van der Waals surface area contributed by atoms with Crippen molar-refractivity contribution in [3.8, 4) is 11.5 Å². The van der Waals surface area contributed by atoms with Crippen LogP contribution in [0, 0.1) is 0 Å². The number of carbonyl (C=O) groups is 1. The number of amides is 1. The first-order chi connectivity index (χ1) is 12.8. The lowest BCUT2D eigenvalue weighted by molar-refractivity contribution is -0.111. The van der Waals surface area contributed by atoms with Crippen LogP contribution in [0.5, 0.6) is 0 Å². The molecule has 0 fully saturated rings. The number of hydrogen-bond acceptors (Lipinski definition) is 4. The van der Waals surface area contributed by atoms with E-state index in [0.29, 0.717) is 22.8 Å². The van der Waals surface area contributed by atoms with Crippen molar-refractivity contribution in [1.82, 2.24) is 9.97 Å². The molecule has 4 aromatic rings. The zero-order valence-electron chi connectivity index (χ0n) is 13.8. The second-order valence-corrected chi connectivity index (χ2v) is 5.65. The Hall–Kier alpha value is -3.73. The fourth-order valence-corrected chi connectivity index (χ4v) is 2.51. The largest absolute Gasteiger partial charge is 0.434 e. The van der Waals surface area contributed by atoms with Crippen LogP contribution in [0.2, 0.25) is 0 Å². The molecule has 0 bridgehead atoms. The Kier molecular flexibility index (Phi) is 4.26. The number of pyridine rings is 1. The van der Waals surface area contributed by atoms with E-state index in [1.165, 1.54) is 6.08 Å². The Bertz CT molecular complexity index is 1030. The first kappa shape index (κ1) is 15.8. The number of hydrogen-bond donors (Lipinski definition) is 1. The lowest BCUT2D eigenvalue weighted by atomic mass is 10.2. The van der Waals surface area contributed by atoms with Crippen LogP contribution in [-0.2, 0) is 4.79 Å². The van der Waals surface area contributed by atoms with Gasteiger partial charge >= 0.3 is 0 Å². The van der Waals surface area contributed by atoms with Crippen LogP contribution in [0.1, 0.15) is 5.56 Å². The van der Waals surface area contributed by atoms with Crippen molar-refractivity contribution in [3.63, 3.8) is 0 Å². The lowest BCUT2D eigenvalue weighted by Crippen LogP contribution is -2.07. The molecule has 0 saturated carbocycles. The third-order valence-electron chi connectivity index (χ3n) is 3.79. The molecular weight excluding hydrogens is 326 g/mol. The maximum atomic E-state index is 12.0. The first-order valence-electron chi connectivity index (χ1n) is 8.14. The molecule has 4 rings (SSSR count). The molecule has 5 nitrogen and oxygen atoms in total. The number of anilines is 1. The Labute approximate surface area is 150 Å². The highest BCUT2D eigenvalue weighted by molar-refractivity contribution is 6.02. The predicted molar refractivity (Wildman–Crippen MR) is 101 cm³/mol.